The zero-order chi connectivity index (χ0) is 19.0. The molecule has 7 heteroatoms. The number of halogens is 1. The molecule has 6 nitrogen and oxygen atoms in total. The lowest BCUT2D eigenvalue weighted by atomic mass is 10.1. The van der Waals surface area contributed by atoms with Crippen LogP contribution in [0.5, 0.6) is 0 Å². The van der Waals surface area contributed by atoms with E-state index in [0.717, 1.165) is 48.3 Å². The molecule has 0 N–H and O–H groups in total. The third-order valence-corrected chi connectivity index (χ3v) is 5.55. The molecule has 0 radical (unpaired) electrons. The van der Waals surface area contributed by atoms with E-state index in [4.69, 9.17) is 0 Å². The quantitative estimate of drug-likeness (QED) is 0.622. The number of fused-ring (bicyclic) bond motifs is 1. The van der Waals surface area contributed by atoms with Crippen molar-refractivity contribution in [1.82, 2.24) is 29.3 Å². The summed E-state index contributed by atoms with van der Waals surface area (Å²) in [6.45, 7) is 9.30. The van der Waals surface area contributed by atoms with Crippen molar-refractivity contribution in [3.63, 3.8) is 0 Å². The number of pyridine rings is 1. The maximum absolute atomic E-state index is 4.61. The molecular formula is C20H25BrN6. The van der Waals surface area contributed by atoms with E-state index in [2.05, 4.69) is 85.8 Å². The average Bonchev–Trinajstić information content (AvgIpc) is 3.19. The van der Waals surface area contributed by atoms with Crippen molar-refractivity contribution in [2.45, 2.75) is 46.2 Å². The highest BCUT2D eigenvalue weighted by Crippen LogP contribution is 2.23. The van der Waals surface area contributed by atoms with Crippen LogP contribution in [0.15, 0.2) is 35.2 Å². The van der Waals surface area contributed by atoms with Gasteiger partial charge in [0.15, 0.2) is 0 Å². The highest BCUT2D eigenvalue weighted by molar-refractivity contribution is 9.10. The Morgan fingerprint density at radius 3 is 2.85 bits per heavy atom. The Kier molecular flexibility index (Phi) is 5.14. The van der Waals surface area contributed by atoms with Gasteiger partial charge in [0.2, 0.25) is 0 Å². The SMILES string of the molecule is Cc1cc(Br)cn2c(CN3CCC=C(c4cn(C(C)C)nn4)CC3)cnc12. The fourth-order valence-corrected chi connectivity index (χ4v) is 4.14. The molecule has 4 heterocycles. The molecule has 0 atom stereocenters. The molecule has 0 unspecified atom stereocenters. The summed E-state index contributed by atoms with van der Waals surface area (Å²) in [7, 11) is 0. The minimum Gasteiger partial charge on any atom is -0.301 e. The Labute approximate surface area is 168 Å². The summed E-state index contributed by atoms with van der Waals surface area (Å²) < 4.78 is 5.21. The van der Waals surface area contributed by atoms with Gasteiger partial charge in [-0.25, -0.2) is 9.67 Å². The molecule has 27 heavy (non-hydrogen) atoms. The van der Waals surface area contributed by atoms with Crippen molar-refractivity contribution in [3.05, 3.63) is 52.2 Å². The van der Waals surface area contributed by atoms with Crippen molar-refractivity contribution < 1.29 is 0 Å². The van der Waals surface area contributed by atoms with Gasteiger partial charge in [0, 0.05) is 36.3 Å². The number of aryl methyl sites for hydroxylation is 1. The molecule has 1 aliphatic heterocycles. The Bertz CT molecular complexity index is 984. The van der Waals surface area contributed by atoms with Crippen LogP contribution in [0, 0.1) is 6.92 Å². The first-order valence-electron chi connectivity index (χ1n) is 9.47. The standard InChI is InChI=1S/C20H25BrN6/c1-14(2)27-13-19(23-24-27)16-5-4-7-25(8-6-16)12-18-10-22-20-15(3)9-17(21)11-26(18)20/h5,9-11,13-14H,4,6-8,12H2,1-3H3. The summed E-state index contributed by atoms with van der Waals surface area (Å²) >= 11 is 3.60. The Morgan fingerprint density at radius 1 is 1.22 bits per heavy atom. The summed E-state index contributed by atoms with van der Waals surface area (Å²) in [5.74, 6) is 0. The van der Waals surface area contributed by atoms with E-state index in [0.29, 0.717) is 6.04 Å². The Hall–Kier alpha value is -1.99. The van der Waals surface area contributed by atoms with Gasteiger partial charge in [0.05, 0.1) is 18.1 Å². The molecule has 1 aliphatic rings. The maximum atomic E-state index is 4.61. The molecule has 4 rings (SSSR count). The van der Waals surface area contributed by atoms with E-state index < -0.39 is 0 Å². The molecule has 0 saturated heterocycles. The number of hydrogen-bond acceptors (Lipinski definition) is 4. The van der Waals surface area contributed by atoms with Gasteiger partial charge in [-0.15, -0.1) is 5.10 Å². The lowest BCUT2D eigenvalue weighted by molar-refractivity contribution is 0.277. The van der Waals surface area contributed by atoms with Gasteiger partial charge in [-0.2, -0.15) is 0 Å². The second kappa shape index (κ2) is 7.56. The Morgan fingerprint density at radius 2 is 2.07 bits per heavy atom. The first kappa shape index (κ1) is 18.4. The predicted molar refractivity (Wildman–Crippen MR) is 111 cm³/mol. The molecule has 3 aromatic heterocycles. The van der Waals surface area contributed by atoms with Gasteiger partial charge in [-0.1, -0.05) is 11.3 Å². The molecule has 0 aliphatic carbocycles. The summed E-state index contributed by atoms with van der Waals surface area (Å²) in [5, 5.41) is 8.62. The van der Waals surface area contributed by atoms with Crippen LogP contribution in [0.25, 0.3) is 11.2 Å². The summed E-state index contributed by atoms with van der Waals surface area (Å²) in [6, 6.07) is 2.45. The smallest absolute Gasteiger partial charge is 0.139 e. The second-order valence-corrected chi connectivity index (χ2v) is 8.42. The highest BCUT2D eigenvalue weighted by Gasteiger charge is 2.16. The molecule has 0 spiro atoms. The number of nitrogens with zero attached hydrogens (tertiary/aromatic N) is 6. The van der Waals surface area contributed by atoms with Crippen LogP contribution in [-0.4, -0.2) is 42.4 Å². The summed E-state index contributed by atoms with van der Waals surface area (Å²) in [5.41, 5.74) is 5.76. The van der Waals surface area contributed by atoms with Crippen LogP contribution < -0.4 is 0 Å². The second-order valence-electron chi connectivity index (χ2n) is 7.51. The van der Waals surface area contributed by atoms with E-state index in [-0.39, 0.29) is 0 Å². The minimum atomic E-state index is 0.340. The van der Waals surface area contributed by atoms with Gasteiger partial charge < -0.3 is 4.40 Å². The molecule has 0 aromatic carbocycles. The predicted octanol–water partition coefficient (Wildman–Crippen LogP) is 4.26. The molecule has 0 amide bonds. The first-order valence-corrected chi connectivity index (χ1v) is 10.3. The van der Waals surface area contributed by atoms with Gasteiger partial charge in [-0.05, 0) is 66.7 Å². The largest absolute Gasteiger partial charge is 0.301 e. The summed E-state index contributed by atoms with van der Waals surface area (Å²) in [4.78, 5) is 7.11. The normalized spacial score (nSPS) is 16.1. The van der Waals surface area contributed by atoms with Crippen LogP contribution in [0.2, 0.25) is 0 Å². The van der Waals surface area contributed by atoms with Crippen molar-refractivity contribution in [2.75, 3.05) is 13.1 Å². The third kappa shape index (κ3) is 3.84. The molecule has 0 fully saturated rings. The van der Waals surface area contributed by atoms with E-state index in [1.54, 1.807) is 0 Å². The van der Waals surface area contributed by atoms with Crippen LogP contribution in [0.4, 0.5) is 0 Å². The number of hydrogen-bond donors (Lipinski definition) is 0. The molecule has 0 bridgehead atoms. The molecule has 0 saturated carbocycles. The van der Waals surface area contributed by atoms with Gasteiger partial charge in [0.25, 0.3) is 0 Å². The molecule has 142 valence electrons. The Balaban J connectivity index is 1.47. The summed E-state index contributed by atoms with van der Waals surface area (Å²) in [6.07, 6.45) is 10.5. The first-order chi connectivity index (χ1) is 13.0. The zero-order valence-electron chi connectivity index (χ0n) is 16.1. The van der Waals surface area contributed by atoms with Crippen LogP contribution in [0.1, 0.15) is 49.7 Å². The monoisotopic (exact) mass is 428 g/mol. The maximum Gasteiger partial charge on any atom is 0.139 e. The van der Waals surface area contributed by atoms with Crippen molar-refractivity contribution in [1.29, 1.82) is 0 Å². The van der Waals surface area contributed by atoms with E-state index in [9.17, 15) is 0 Å². The van der Waals surface area contributed by atoms with E-state index >= 15 is 0 Å². The fourth-order valence-electron chi connectivity index (χ4n) is 3.59. The van der Waals surface area contributed by atoms with E-state index in [1.807, 2.05) is 10.9 Å². The zero-order valence-corrected chi connectivity index (χ0v) is 17.6. The number of aromatic nitrogens is 5. The molecular weight excluding hydrogens is 404 g/mol. The van der Waals surface area contributed by atoms with Crippen molar-refractivity contribution in [3.8, 4) is 0 Å². The lowest BCUT2D eigenvalue weighted by Gasteiger charge is -2.19. The van der Waals surface area contributed by atoms with E-state index in [1.165, 1.54) is 16.8 Å². The van der Waals surface area contributed by atoms with Crippen LogP contribution in [0.3, 0.4) is 0 Å². The van der Waals surface area contributed by atoms with Crippen molar-refractivity contribution >= 4 is 27.2 Å². The fraction of sp³-hybridized carbons (Fsp3) is 0.450. The number of imidazole rings is 1. The minimum absolute atomic E-state index is 0.340. The number of rotatable bonds is 4. The van der Waals surface area contributed by atoms with Crippen molar-refractivity contribution in [2.24, 2.45) is 0 Å². The van der Waals surface area contributed by atoms with Crippen LogP contribution in [-0.2, 0) is 6.54 Å². The topological polar surface area (TPSA) is 51.2 Å². The van der Waals surface area contributed by atoms with Gasteiger partial charge in [0.1, 0.15) is 11.3 Å². The third-order valence-electron chi connectivity index (χ3n) is 5.12. The lowest BCUT2D eigenvalue weighted by Crippen LogP contribution is -2.25. The molecule has 3 aromatic rings. The van der Waals surface area contributed by atoms with Gasteiger partial charge >= 0.3 is 0 Å². The van der Waals surface area contributed by atoms with Gasteiger partial charge in [-0.3, -0.25) is 4.90 Å². The van der Waals surface area contributed by atoms with Crippen LogP contribution >= 0.6 is 15.9 Å². The average molecular weight is 429 g/mol. The highest BCUT2D eigenvalue weighted by atomic mass is 79.9.